The molecule has 2 nitrogen and oxygen atoms in total. The van der Waals surface area contributed by atoms with Crippen molar-refractivity contribution in [3.05, 3.63) is 142 Å². The number of hydrogen-bond donors (Lipinski definition) is 1. The van der Waals surface area contributed by atoms with Crippen LogP contribution in [0, 0.1) is 11.3 Å². The first-order valence-electron chi connectivity index (χ1n) is 15.1. The highest BCUT2D eigenvalue weighted by Gasteiger charge is 2.30. The zero-order chi connectivity index (χ0) is 31.7. The molecule has 0 spiro atoms. The Morgan fingerprint density at radius 3 is 1.55 bits per heavy atom. The van der Waals surface area contributed by atoms with E-state index in [1.54, 1.807) is 0 Å². The fourth-order valence-electron chi connectivity index (χ4n) is 4.19. The summed E-state index contributed by atoms with van der Waals surface area (Å²) in [5.41, 5.74) is 7.85. The molecule has 1 atom stereocenters. The number of hydrogen-bond acceptors (Lipinski definition) is 2. The summed E-state index contributed by atoms with van der Waals surface area (Å²) in [6, 6.07) is 0. The SMILES string of the molecule is CC(C=CC=C(C)C=CC=C(C)C=CC(O)C(C)C)=CC=CC=C(C)C=CC=C(C)C=CC1=C(C)C(=O)CCC1(C)C. The summed E-state index contributed by atoms with van der Waals surface area (Å²) in [6.45, 7) is 20.8. The van der Waals surface area contributed by atoms with E-state index in [0.717, 1.165) is 34.3 Å². The number of carbonyl (C=O) groups is 1. The molecule has 0 amide bonds. The van der Waals surface area contributed by atoms with Gasteiger partial charge >= 0.3 is 0 Å². The predicted molar refractivity (Wildman–Crippen MR) is 185 cm³/mol. The van der Waals surface area contributed by atoms with E-state index in [-0.39, 0.29) is 17.1 Å². The summed E-state index contributed by atoms with van der Waals surface area (Å²) < 4.78 is 0. The van der Waals surface area contributed by atoms with Crippen LogP contribution in [0.15, 0.2) is 142 Å². The second-order valence-corrected chi connectivity index (χ2v) is 12.3. The summed E-state index contributed by atoms with van der Waals surface area (Å²) in [5.74, 6) is 0.495. The quantitative estimate of drug-likeness (QED) is 0.225. The molecule has 0 aromatic heterocycles. The molecule has 1 aliphatic rings. The maximum atomic E-state index is 12.1. The lowest BCUT2D eigenvalue weighted by Gasteiger charge is -2.32. The summed E-state index contributed by atoms with van der Waals surface area (Å²) in [7, 11) is 0. The van der Waals surface area contributed by atoms with E-state index >= 15 is 0 Å². The smallest absolute Gasteiger partial charge is 0.158 e. The Hall–Kier alpha value is -3.49. The minimum absolute atomic E-state index is 0.0421. The topological polar surface area (TPSA) is 37.3 Å². The molecule has 0 fully saturated rings. The molecule has 0 radical (unpaired) electrons. The minimum Gasteiger partial charge on any atom is -0.389 e. The van der Waals surface area contributed by atoms with Gasteiger partial charge in [-0.25, -0.2) is 0 Å². The number of aliphatic hydroxyl groups excluding tert-OH is 1. The van der Waals surface area contributed by atoms with E-state index in [1.165, 1.54) is 11.1 Å². The maximum absolute atomic E-state index is 12.1. The molecule has 0 aliphatic heterocycles. The number of carbonyl (C=O) groups excluding carboxylic acids is 1. The average molecular weight is 567 g/mol. The lowest BCUT2D eigenvalue weighted by atomic mass is 9.72. The number of ketones is 1. The largest absolute Gasteiger partial charge is 0.389 e. The Morgan fingerprint density at radius 1 is 0.690 bits per heavy atom. The van der Waals surface area contributed by atoms with Crippen LogP contribution in [0.4, 0.5) is 0 Å². The van der Waals surface area contributed by atoms with Gasteiger partial charge in [-0.3, -0.25) is 4.79 Å². The monoisotopic (exact) mass is 566 g/mol. The highest BCUT2D eigenvalue weighted by Crippen LogP contribution is 2.39. The van der Waals surface area contributed by atoms with Crippen LogP contribution in [0.3, 0.4) is 0 Å². The Kier molecular flexibility index (Phi) is 16.4. The first-order valence-corrected chi connectivity index (χ1v) is 15.1. The summed E-state index contributed by atoms with van der Waals surface area (Å²) in [5, 5.41) is 9.87. The normalized spacial score (nSPS) is 19.5. The van der Waals surface area contributed by atoms with Crippen molar-refractivity contribution in [2.75, 3.05) is 0 Å². The molecule has 0 aromatic carbocycles. The van der Waals surface area contributed by atoms with Gasteiger partial charge < -0.3 is 5.11 Å². The van der Waals surface area contributed by atoms with Gasteiger partial charge in [0.1, 0.15) is 0 Å². The fourth-order valence-corrected chi connectivity index (χ4v) is 4.19. The summed E-state index contributed by atoms with van der Waals surface area (Å²) in [6.07, 6.45) is 36.1. The number of aliphatic hydroxyl groups is 1. The zero-order valence-corrected chi connectivity index (χ0v) is 27.7. The van der Waals surface area contributed by atoms with Crippen LogP contribution in [-0.2, 0) is 4.79 Å². The van der Waals surface area contributed by atoms with Crippen molar-refractivity contribution in [3.8, 4) is 0 Å². The van der Waals surface area contributed by atoms with E-state index < -0.39 is 6.10 Å². The Labute approximate surface area is 257 Å². The highest BCUT2D eigenvalue weighted by atomic mass is 16.3. The molecule has 0 saturated heterocycles. The Bertz CT molecular complexity index is 1280. The molecular weight excluding hydrogens is 512 g/mol. The van der Waals surface area contributed by atoms with Crippen molar-refractivity contribution < 1.29 is 9.90 Å². The van der Waals surface area contributed by atoms with Gasteiger partial charge in [-0.1, -0.05) is 159 Å². The van der Waals surface area contributed by atoms with Crippen LogP contribution >= 0.6 is 0 Å². The summed E-state index contributed by atoms with van der Waals surface area (Å²) >= 11 is 0. The molecule has 226 valence electrons. The van der Waals surface area contributed by atoms with Gasteiger partial charge in [0.2, 0.25) is 0 Å². The standard InChI is InChI=1S/C40H54O2/c1-30(2)38(41)27-25-35(7)23-15-21-33(5)20-13-18-31(3)16-11-12-17-32(4)19-14-22-34(6)24-26-37-36(8)39(42)28-29-40(37,9)10/h11-27,30,38,41H,28-29H2,1-10H3. The van der Waals surface area contributed by atoms with Gasteiger partial charge in [0.15, 0.2) is 5.78 Å². The third-order valence-corrected chi connectivity index (χ3v) is 7.26. The van der Waals surface area contributed by atoms with Crippen LogP contribution in [0.2, 0.25) is 0 Å². The van der Waals surface area contributed by atoms with E-state index in [9.17, 15) is 9.90 Å². The van der Waals surface area contributed by atoms with Crippen molar-refractivity contribution in [3.63, 3.8) is 0 Å². The molecule has 0 heterocycles. The maximum Gasteiger partial charge on any atom is 0.158 e. The number of allylic oxidation sites excluding steroid dienone is 23. The highest BCUT2D eigenvalue weighted by molar-refractivity contribution is 5.97. The third-order valence-electron chi connectivity index (χ3n) is 7.26. The van der Waals surface area contributed by atoms with Crippen molar-refractivity contribution in [2.45, 2.75) is 88.2 Å². The molecule has 1 aliphatic carbocycles. The van der Waals surface area contributed by atoms with Gasteiger partial charge in [-0.2, -0.15) is 0 Å². The average Bonchev–Trinajstić information content (AvgIpc) is 2.91. The molecule has 1 unspecified atom stereocenters. The Morgan fingerprint density at radius 2 is 1.10 bits per heavy atom. The van der Waals surface area contributed by atoms with Crippen molar-refractivity contribution in [2.24, 2.45) is 11.3 Å². The van der Waals surface area contributed by atoms with Crippen LogP contribution < -0.4 is 0 Å². The van der Waals surface area contributed by atoms with Crippen molar-refractivity contribution in [1.82, 2.24) is 0 Å². The van der Waals surface area contributed by atoms with Gasteiger partial charge in [0.05, 0.1) is 6.10 Å². The lowest BCUT2D eigenvalue weighted by molar-refractivity contribution is -0.116. The zero-order valence-electron chi connectivity index (χ0n) is 27.7. The second kappa shape index (κ2) is 18.8. The van der Waals surface area contributed by atoms with Crippen LogP contribution in [0.25, 0.3) is 0 Å². The van der Waals surface area contributed by atoms with Gasteiger partial charge in [-0.05, 0) is 70.4 Å². The lowest BCUT2D eigenvalue weighted by Crippen LogP contribution is -2.24. The molecule has 0 aromatic rings. The molecule has 1 rings (SSSR count). The van der Waals surface area contributed by atoms with Gasteiger partial charge in [0.25, 0.3) is 0 Å². The van der Waals surface area contributed by atoms with Gasteiger partial charge in [0, 0.05) is 6.42 Å². The molecule has 0 bridgehead atoms. The van der Waals surface area contributed by atoms with E-state index in [4.69, 9.17) is 0 Å². The predicted octanol–water partition coefficient (Wildman–Crippen LogP) is 10.8. The fraction of sp³-hybridized carbons (Fsp3) is 0.375. The molecule has 42 heavy (non-hydrogen) atoms. The summed E-state index contributed by atoms with van der Waals surface area (Å²) in [4.78, 5) is 12.1. The van der Waals surface area contributed by atoms with Gasteiger partial charge in [-0.15, -0.1) is 0 Å². The van der Waals surface area contributed by atoms with Crippen LogP contribution in [0.1, 0.15) is 82.1 Å². The minimum atomic E-state index is -0.408. The molecule has 0 saturated carbocycles. The second-order valence-electron chi connectivity index (χ2n) is 12.3. The first-order chi connectivity index (χ1) is 19.7. The van der Waals surface area contributed by atoms with Crippen LogP contribution in [-0.4, -0.2) is 17.0 Å². The molecule has 2 heteroatoms. The van der Waals surface area contributed by atoms with Crippen molar-refractivity contribution in [1.29, 1.82) is 0 Å². The molecule has 1 N–H and O–H groups in total. The first kappa shape index (κ1) is 36.5. The van der Waals surface area contributed by atoms with E-state index in [1.807, 2.05) is 52.0 Å². The Balaban J connectivity index is 2.64. The van der Waals surface area contributed by atoms with Crippen LogP contribution in [0.5, 0.6) is 0 Å². The number of Topliss-reactive ketones (excluding diaryl/α,β-unsaturated/α-hetero) is 1. The van der Waals surface area contributed by atoms with Crippen molar-refractivity contribution >= 4 is 5.78 Å². The third kappa shape index (κ3) is 14.9. The number of rotatable bonds is 13. The molecular formula is C40H54O2. The van der Waals surface area contributed by atoms with E-state index in [0.29, 0.717) is 6.42 Å². The van der Waals surface area contributed by atoms with E-state index in [2.05, 4.69) is 121 Å².